The SMILES string of the molecule is Cc1ccc(S(=O)(=O)NC[C@H](C#C[C@H]2O[C@@H]2c2cn(S(=O)(=O)c3ccc(C)cc3)c3cccc(Br)c23)CO[Si](C(C)C)(C(C)C)C(C)C)cc1. The largest absolute Gasteiger partial charge is 0.415 e. The quantitative estimate of drug-likeness (QED) is 0.0827. The van der Waals surface area contributed by atoms with Gasteiger partial charge in [-0.2, -0.15) is 0 Å². The maximum atomic E-state index is 13.8. The normalized spacial score (nSPS) is 17.4. The smallest absolute Gasteiger partial charge is 0.268 e. The lowest BCUT2D eigenvalue weighted by Crippen LogP contribution is -2.49. The molecule has 0 saturated carbocycles. The first-order valence-electron chi connectivity index (χ1n) is 17.0. The molecule has 3 aromatic carbocycles. The summed E-state index contributed by atoms with van der Waals surface area (Å²) in [6.07, 6.45) is 0.669. The number of aromatic nitrogens is 1. The molecule has 0 amide bonds. The number of sulfonamides is 1. The lowest BCUT2D eigenvalue weighted by molar-refractivity contribution is 0.247. The van der Waals surface area contributed by atoms with Gasteiger partial charge in [-0.05, 0) is 66.9 Å². The fourth-order valence-electron chi connectivity index (χ4n) is 7.05. The highest BCUT2D eigenvalue weighted by Crippen LogP contribution is 2.45. The number of hydrogen-bond acceptors (Lipinski definition) is 6. The molecule has 2 heterocycles. The standard InChI is InChI=1S/C38H47BrN2O6S2Si/c1-25(2)50(26(3)4,27(5)6)46-24-30(22-40-48(42,43)31-17-12-28(7)13-18-31)16-21-36-38(47-36)33-23-41(35-11-9-10-34(39)37(33)35)49(44,45)32-19-14-29(8)15-20-32/h9-15,17-20,23,25-27,30,36,38,40H,22,24H2,1-8H3/t30-,36+,38+/m0/s1. The van der Waals surface area contributed by atoms with Crippen molar-refractivity contribution >= 4 is 55.2 Å². The number of nitrogens with one attached hydrogen (secondary N) is 1. The Kier molecular flexibility index (Phi) is 11.6. The summed E-state index contributed by atoms with van der Waals surface area (Å²) in [5, 5.41) is 0.741. The Labute approximate surface area is 307 Å². The van der Waals surface area contributed by atoms with Gasteiger partial charge < -0.3 is 9.16 Å². The molecule has 0 aliphatic carbocycles. The van der Waals surface area contributed by atoms with Crippen molar-refractivity contribution in [3.63, 3.8) is 0 Å². The minimum absolute atomic E-state index is 0.0685. The molecule has 1 N–H and O–H groups in total. The summed E-state index contributed by atoms with van der Waals surface area (Å²) in [6.45, 7) is 17.4. The van der Waals surface area contributed by atoms with Gasteiger partial charge in [-0.15, -0.1) is 0 Å². The number of aryl methyl sites for hydroxylation is 2. The van der Waals surface area contributed by atoms with Crippen molar-refractivity contribution in [3.05, 3.63) is 94.1 Å². The third-order valence-electron chi connectivity index (χ3n) is 9.67. The van der Waals surface area contributed by atoms with E-state index in [0.29, 0.717) is 27.7 Å². The van der Waals surface area contributed by atoms with Gasteiger partial charge in [-0.1, -0.05) is 111 Å². The Morgan fingerprint density at radius 2 is 1.42 bits per heavy atom. The topological polar surface area (TPSA) is 107 Å². The van der Waals surface area contributed by atoms with Gasteiger partial charge in [0, 0.05) is 34.8 Å². The van der Waals surface area contributed by atoms with E-state index >= 15 is 0 Å². The maximum Gasteiger partial charge on any atom is 0.268 e. The Hall–Kier alpha value is -2.76. The van der Waals surface area contributed by atoms with Crippen LogP contribution in [0.3, 0.4) is 0 Å². The van der Waals surface area contributed by atoms with E-state index in [2.05, 4.69) is 74.0 Å². The van der Waals surface area contributed by atoms with Crippen LogP contribution >= 0.6 is 15.9 Å². The highest BCUT2D eigenvalue weighted by molar-refractivity contribution is 9.10. The van der Waals surface area contributed by atoms with E-state index in [4.69, 9.17) is 9.16 Å². The molecule has 50 heavy (non-hydrogen) atoms. The van der Waals surface area contributed by atoms with E-state index in [1.807, 2.05) is 19.9 Å². The lowest BCUT2D eigenvalue weighted by atomic mass is 10.1. The summed E-state index contributed by atoms with van der Waals surface area (Å²) in [7, 11) is -9.93. The summed E-state index contributed by atoms with van der Waals surface area (Å²) in [4.78, 5) is 0.387. The van der Waals surface area contributed by atoms with E-state index in [0.717, 1.165) is 21.0 Å². The summed E-state index contributed by atoms with van der Waals surface area (Å²) in [5.74, 6) is 6.08. The van der Waals surface area contributed by atoms with Crippen molar-refractivity contribution in [2.75, 3.05) is 13.2 Å². The predicted octanol–water partition coefficient (Wildman–Crippen LogP) is 8.49. The zero-order valence-corrected chi connectivity index (χ0v) is 34.1. The molecule has 12 heteroatoms. The number of rotatable bonds is 13. The molecule has 0 spiro atoms. The molecule has 268 valence electrons. The minimum atomic E-state index is -3.89. The number of epoxide rings is 1. The van der Waals surface area contributed by atoms with Crippen molar-refractivity contribution in [2.24, 2.45) is 5.92 Å². The van der Waals surface area contributed by atoms with Gasteiger partial charge in [-0.25, -0.2) is 25.5 Å². The number of benzene rings is 3. The Morgan fingerprint density at radius 1 is 0.860 bits per heavy atom. The first-order valence-corrected chi connectivity index (χ1v) is 22.8. The first-order chi connectivity index (χ1) is 23.5. The molecular weight excluding hydrogens is 753 g/mol. The number of fused-ring (bicyclic) bond motifs is 1. The van der Waals surface area contributed by atoms with Crippen LogP contribution < -0.4 is 4.72 Å². The zero-order chi connectivity index (χ0) is 36.6. The molecule has 0 unspecified atom stereocenters. The fraction of sp³-hybridized carbons (Fsp3) is 0.421. The van der Waals surface area contributed by atoms with E-state index in [1.165, 1.54) is 3.97 Å². The van der Waals surface area contributed by atoms with Gasteiger partial charge in [0.05, 0.1) is 21.2 Å². The second-order valence-corrected chi connectivity index (χ2v) is 24.0. The van der Waals surface area contributed by atoms with E-state index < -0.39 is 46.5 Å². The Morgan fingerprint density at radius 3 is 1.98 bits per heavy atom. The third kappa shape index (κ3) is 7.84. The van der Waals surface area contributed by atoms with Crippen LogP contribution in [0.1, 0.15) is 64.3 Å². The van der Waals surface area contributed by atoms with Gasteiger partial charge in [0.25, 0.3) is 10.0 Å². The van der Waals surface area contributed by atoms with Crippen LogP contribution in [0.25, 0.3) is 10.9 Å². The number of ether oxygens (including phenoxy) is 1. The van der Waals surface area contributed by atoms with Crippen LogP contribution in [0.2, 0.25) is 16.6 Å². The average molecular weight is 800 g/mol. The average Bonchev–Trinajstić information content (AvgIpc) is 3.71. The molecule has 4 aromatic rings. The van der Waals surface area contributed by atoms with Gasteiger partial charge in [-0.3, -0.25) is 0 Å². The molecular formula is C38H47BrN2O6S2Si. The number of halogens is 1. The predicted molar refractivity (Wildman–Crippen MR) is 206 cm³/mol. The van der Waals surface area contributed by atoms with Crippen molar-refractivity contribution in [1.82, 2.24) is 8.69 Å². The van der Waals surface area contributed by atoms with Gasteiger partial charge in [0.15, 0.2) is 8.32 Å². The molecule has 5 rings (SSSR count). The summed E-state index contributed by atoms with van der Waals surface area (Å²) in [5.41, 5.74) is 4.23. The van der Waals surface area contributed by atoms with Crippen LogP contribution in [-0.2, 0) is 29.2 Å². The molecule has 1 saturated heterocycles. The molecule has 8 nitrogen and oxygen atoms in total. The maximum absolute atomic E-state index is 13.8. The van der Waals surface area contributed by atoms with Crippen LogP contribution in [0.5, 0.6) is 0 Å². The first kappa shape index (κ1) is 38.5. The second-order valence-electron chi connectivity index (χ2n) is 14.1. The van der Waals surface area contributed by atoms with Crippen LogP contribution in [0.15, 0.2) is 87.2 Å². The molecule has 0 radical (unpaired) electrons. The summed E-state index contributed by atoms with van der Waals surface area (Å²) in [6, 6.07) is 19.0. The minimum Gasteiger partial charge on any atom is -0.415 e. The second kappa shape index (κ2) is 15.1. The van der Waals surface area contributed by atoms with Gasteiger partial charge in [0.2, 0.25) is 10.0 Å². The van der Waals surface area contributed by atoms with E-state index in [1.54, 1.807) is 66.9 Å². The van der Waals surface area contributed by atoms with Gasteiger partial charge in [0.1, 0.15) is 12.2 Å². The lowest BCUT2D eigenvalue weighted by Gasteiger charge is -2.42. The van der Waals surface area contributed by atoms with E-state index in [9.17, 15) is 16.8 Å². The van der Waals surface area contributed by atoms with Crippen molar-refractivity contribution in [2.45, 2.75) is 94.0 Å². The molecule has 3 atom stereocenters. The monoisotopic (exact) mass is 798 g/mol. The summed E-state index contributed by atoms with van der Waals surface area (Å²) >= 11 is 3.63. The molecule has 0 bridgehead atoms. The van der Waals surface area contributed by atoms with Crippen LogP contribution in [0, 0.1) is 31.6 Å². The van der Waals surface area contributed by atoms with Crippen LogP contribution in [-0.4, -0.2) is 48.4 Å². The van der Waals surface area contributed by atoms with Crippen molar-refractivity contribution in [1.29, 1.82) is 0 Å². The fourth-order valence-corrected chi connectivity index (χ4v) is 15.6. The number of nitrogens with zero attached hydrogens (tertiary/aromatic N) is 1. The molecule has 1 fully saturated rings. The van der Waals surface area contributed by atoms with Gasteiger partial charge >= 0.3 is 0 Å². The van der Waals surface area contributed by atoms with Crippen molar-refractivity contribution in [3.8, 4) is 11.8 Å². The molecule has 1 aliphatic heterocycles. The Balaban J connectivity index is 1.44. The highest BCUT2D eigenvalue weighted by Gasteiger charge is 2.46. The van der Waals surface area contributed by atoms with Crippen LogP contribution in [0.4, 0.5) is 0 Å². The molecule has 1 aliphatic rings. The number of hydrogen-bond donors (Lipinski definition) is 1. The summed E-state index contributed by atoms with van der Waals surface area (Å²) < 4.78 is 71.9. The van der Waals surface area contributed by atoms with Crippen molar-refractivity contribution < 1.29 is 26.0 Å². The zero-order valence-electron chi connectivity index (χ0n) is 29.9. The molecule has 1 aromatic heterocycles. The van der Waals surface area contributed by atoms with E-state index in [-0.39, 0.29) is 22.9 Å². The highest BCUT2D eigenvalue weighted by atomic mass is 79.9. The third-order valence-corrected chi connectivity index (χ3v) is 19.5. The Bertz CT molecular complexity index is 2100.